The molecule has 62 valence electrons. The number of carboxylic acid groups (broad SMARTS) is 1. The van der Waals surface area contributed by atoms with E-state index in [-0.39, 0.29) is 16.9 Å². The van der Waals surface area contributed by atoms with Crippen molar-refractivity contribution in [3.05, 3.63) is 17.0 Å². The predicted octanol–water partition coefficient (Wildman–Crippen LogP) is 0.475. The lowest BCUT2D eigenvalue weighted by atomic mass is 10.2. The van der Waals surface area contributed by atoms with Crippen molar-refractivity contribution in [2.45, 2.75) is 6.92 Å². The van der Waals surface area contributed by atoms with E-state index in [1.807, 2.05) is 6.07 Å². The van der Waals surface area contributed by atoms with Crippen LogP contribution in [0.5, 0.6) is 0 Å². The van der Waals surface area contributed by atoms with Crippen molar-refractivity contribution in [3.8, 4) is 6.07 Å². The molecule has 0 aliphatic heterocycles. The highest BCUT2D eigenvalue weighted by atomic mass is 16.4. The number of nitrogen functional groups attached to an aromatic ring is 1. The lowest BCUT2D eigenvalue weighted by molar-refractivity contribution is 0.0692. The molecule has 4 N–H and O–H groups in total. The summed E-state index contributed by atoms with van der Waals surface area (Å²) in [5.74, 6) is -1.16. The normalized spacial score (nSPS) is 9.33. The fraction of sp³-hybridized carbons (Fsp3) is 0.143. The number of aryl methyl sites for hydroxylation is 1. The molecule has 0 amide bonds. The maximum atomic E-state index is 10.5. The van der Waals surface area contributed by atoms with Gasteiger partial charge in [-0.15, -0.1) is 0 Å². The zero-order chi connectivity index (χ0) is 9.30. The summed E-state index contributed by atoms with van der Waals surface area (Å²) in [4.78, 5) is 13.0. The highest BCUT2D eigenvalue weighted by Gasteiger charge is 2.16. The van der Waals surface area contributed by atoms with Gasteiger partial charge in [0.05, 0.1) is 11.3 Å². The van der Waals surface area contributed by atoms with Crippen molar-refractivity contribution < 1.29 is 9.90 Å². The molecule has 0 aliphatic carbocycles. The van der Waals surface area contributed by atoms with Crippen LogP contribution in [0.1, 0.15) is 21.7 Å². The Morgan fingerprint density at radius 3 is 2.58 bits per heavy atom. The van der Waals surface area contributed by atoms with Crippen LogP contribution in [0.4, 0.5) is 5.69 Å². The topological polar surface area (TPSA) is 103 Å². The molecule has 1 aromatic heterocycles. The Kier molecular flexibility index (Phi) is 1.75. The molecule has 5 nitrogen and oxygen atoms in total. The third-order valence-electron chi connectivity index (χ3n) is 1.55. The number of hydrogen-bond donors (Lipinski definition) is 3. The maximum absolute atomic E-state index is 10.5. The number of hydrogen-bond acceptors (Lipinski definition) is 3. The Morgan fingerprint density at radius 1 is 1.75 bits per heavy atom. The minimum Gasteiger partial charge on any atom is -0.477 e. The molecule has 0 bridgehead atoms. The van der Waals surface area contributed by atoms with Crippen molar-refractivity contribution in [1.29, 1.82) is 5.26 Å². The molecular formula is C7H7N3O2. The average molecular weight is 165 g/mol. The van der Waals surface area contributed by atoms with Crippen LogP contribution in [-0.4, -0.2) is 16.1 Å². The summed E-state index contributed by atoms with van der Waals surface area (Å²) >= 11 is 0. The number of aromatic nitrogens is 1. The number of aromatic carboxylic acids is 1. The van der Waals surface area contributed by atoms with Crippen molar-refractivity contribution in [3.63, 3.8) is 0 Å². The van der Waals surface area contributed by atoms with Gasteiger partial charge in [0.15, 0.2) is 0 Å². The fourth-order valence-corrected chi connectivity index (χ4v) is 0.957. The first-order valence-electron chi connectivity index (χ1n) is 3.19. The number of aromatic amines is 1. The molecule has 0 atom stereocenters. The minimum atomic E-state index is -1.16. The number of rotatable bonds is 1. The predicted molar refractivity (Wildman–Crippen MR) is 41.6 cm³/mol. The van der Waals surface area contributed by atoms with Gasteiger partial charge >= 0.3 is 5.97 Å². The molecule has 5 heteroatoms. The van der Waals surface area contributed by atoms with E-state index >= 15 is 0 Å². The van der Waals surface area contributed by atoms with Gasteiger partial charge in [0.1, 0.15) is 11.8 Å². The minimum absolute atomic E-state index is 0.00231. The number of carbonyl (C=O) groups is 1. The summed E-state index contributed by atoms with van der Waals surface area (Å²) < 4.78 is 0. The fourth-order valence-electron chi connectivity index (χ4n) is 0.957. The Balaban J connectivity index is 3.39. The number of anilines is 1. The van der Waals surface area contributed by atoms with Crippen molar-refractivity contribution in [1.82, 2.24) is 4.98 Å². The number of nitrogens with one attached hydrogen (secondary N) is 1. The molecule has 1 rings (SSSR count). The first-order chi connectivity index (χ1) is 5.57. The van der Waals surface area contributed by atoms with Crippen LogP contribution in [0.2, 0.25) is 0 Å². The monoisotopic (exact) mass is 165 g/mol. The van der Waals surface area contributed by atoms with Gasteiger partial charge in [-0.25, -0.2) is 4.79 Å². The Bertz CT molecular complexity index is 373. The molecule has 0 aromatic carbocycles. The van der Waals surface area contributed by atoms with E-state index in [2.05, 4.69) is 4.98 Å². The summed E-state index contributed by atoms with van der Waals surface area (Å²) in [5, 5.41) is 17.1. The third-order valence-corrected chi connectivity index (χ3v) is 1.55. The first-order valence-corrected chi connectivity index (χ1v) is 3.19. The van der Waals surface area contributed by atoms with Gasteiger partial charge in [-0.1, -0.05) is 0 Å². The molecule has 0 saturated heterocycles. The number of nitrogens with two attached hydrogens (primary N) is 1. The second-order valence-electron chi connectivity index (χ2n) is 2.33. The highest BCUT2D eigenvalue weighted by Crippen LogP contribution is 2.19. The smallest absolute Gasteiger partial charge is 0.354 e. The van der Waals surface area contributed by atoms with Crippen LogP contribution in [-0.2, 0) is 0 Å². The molecule has 0 fully saturated rings. The van der Waals surface area contributed by atoms with Gasteiger partial charge in [-0.3, -0.25) is 0 Å². The lowest BCUT2D eigenvalue weighted by Gasteiger charge is -1.89. The molecule has 0 unspecified atom stereocenters. The molecule has 0 saturated carbocycles. The third kappa shape index (κ3) is 0.992. The summed E-state index contributed by atoms with van der Waals surface area (Å²) in [6.45, 7) is 1.60. The largest absolute Gasteiger partial charge is 0.477 e. The molecule has 12 heavy (non-hydrogen) atoms. The molecule has 0 radical (unpaired) electrons. The van der Waals surface area contributed by atoms with E-state index < -0.39 is 5.97 Å². The van der Waals surface area contributed by atoms with Gasteiger partial charge in [-0.05, 0) is 6.92 Å². The standard InChI is InChI=1S/C7H7N3O2/c1-3-4(2-8)5(9)6(10-3)7(11)12/h10H,9H2,1H3,(H,11,12). The zero-order valence-corrected chi connectivity index (χ0v) is 6.38. The van der Waals surface area contributed by atoms with Gasteiger partial charge in [0, 0.05) is 5.69 Å². The average Bonchev–Trinajstić information content (AvgIpc) is 2.27. The van der Waals surface area contributed by atoms with Crippen molar-refractivity contribution >= 4 is 11.7 Å². The maximum Gasteiger partial charge on any atom is 0.354 e. The number of carboxylic acids is 1. The highest BCUT2D eigenvalue weighted by molar-refractivity contribution is 5.93. The van der Waals surface area contributed by atoms with Gasteiger partial charge in [0.25, 0.3) is 0 Å². The second kappa shape index (κ2) is 2.58. The SMILES string of the molecule is Cc1[nH]c(C(=O)O)c(N)c1C#N. The zero-order valence-electron chi connectivity index (χ0n) is 6.38. The summed E-state index contributed by atoms with van der Waals surface area (Å²) in [7, 11) is 0. The molecule has 1 aromatic rings. The van der Waals surface area contributed by atoms with Crippen molar-refractivity contribution in [2.75, 3.05) is 5.73 Å². The Labute approximate surface area is 68.4 Å². The van der Waals surface area contributed by atoms with Crippen LogP contribution in [0.15, 0.2) is 0 Å². The first kappa shape index (κ1) is 8.14. The van der Waals surface area contributed by atoms with E-state index in [0.717, 1.165) is 0 Å². The number of nitrogens with zero attached hydrogens (tertiary/aromatic N) is 1. The van der Waals surface area contributed by atoms with Gasteiger partial charge in [0.2, 0.25) is 0 Å². The molecule has 0 spiro atoms. The lowest BCUT2D eigenvalue weighted by Crippen LogP contribution is -2.01. The molecule has 1 heterocycles. The number of H-pyrrole nitrogens is 1. The second-order valence-corrected chi connectivity index (χ2v) is 2.33. The quantitative estimate of drug-likeness (QED) is 0.562. The number of nitriles is 1. The molecular weight excluding hydrogens is 158 g/mol. The van der Waals surface area contributed by atoms with E-state index in [4.69, 9.17) is 16.1 Å². The van der Waals surface area contributed by atoms with E-state index in [9.17, 15) is 4.79 Å². The van der Waals surface area contributed by atoms with Gasteiger partial charge < -0.3 is 15.8 Å². The van der Waals surface area contributed by atoms with Crippen LogP contribution < -0.4 is 5.73 Å². The van der Waals surface area contributed by atoms with E-state index in [0.29, 0.717) is 5.69 Å². The summed E-state index contributed by atoms with van der Waals surface area (Å²) in [5.41, 5.74) is 5.94. The Morgan fingerprint density at radius 2 is 2.33 bits per heavy atom. The Hall–Kier alpha value is -1.96. The van der Waals surface area contributed by atoms with Crippen LogP contribution >= 0.6 is 0 Å². The van der Waals surface area contributed by atoms with Crippen LogP contribution in [0.25, 0.3) is 0 Å². The molecule has 0 aliphatic rings. The summed E-state index contributed by atoms with van der Waals surface area (Å²) in [6, 6.07) is 1.82. The van der Waals surface area contributed by atoms with Crippen LogP contribution in [0, 0.1) is 18.3 Å². The van der Waals surface area contributed by atoms with Crippen molar-refractivity contribution in [2.24, 2.45) is 0 Å². The van der Waals surface area contributed by atoms with E-state index in [1.165, 1.54) is 0 Å². The van der Waals surface area contributed by atoms with Crippen LogP contribution in [0.3, 0.4) is 0 Å². The van der Waals surface area contributed by atoms with Gasteiger partial charge in [-0.2, -0.15) is 5.26 Å². The van der Waals surface area contributed by atoms with E-state index in [1.54, 1.807) is 6.92 Å². The summed E-state index contributed by atoms with van der Waals surface area (Å²) in [6.07, 6.45) is 0.